The summed E-state index contributed by atoms with van der Waals surface area (Å²) in [5.41, 5.74) is 1.93. The second kappa shape index (κ2) is 5.06. The molecule has 2 aromatic rings. The quantitative estimate of drug-likeness (QED) is 0.773. The van der Waals surface area contributed by atoms with Crippen molar-refractivity contribution < 1.29 is 17.6 Å². The van der Waals surface area contributed by atoms with Gasteiger partial charge in [0.2, 0.25) is 0 Å². The number of benzene rings is 2. The topological polar surface area (TPSA) is 12.0 Å². The van der Waals surface area contributed by atoms with Gasteiger partial charge in [0.25, 0.3) is 0 Å². The van der Waals surface area contributed by atoms with Crippen LogP contribution < -0.4 is 5.32 Å². The van der Waals surface area contributed by atoms with Crippen LogP contribution >= 0.6 is 0 Å². The van der Waals surface area contributed by atoms with Crippen molar-refractivity contribution in [1.82, 2.24) is 0 Å². The molecule has 0 amide bonds. The highest BCUT2D eigenvalue weighted by Crippen LogP contribution is 2.35. The van der Waals surface area contributed by atoms with E-state index in [1.54, 1.807) is 6.07 Å². The van der Waals surface area contributed by atoms with Gasteiger partial charge in [-0.3, -0.25) is 0 Å². The van der Waals surface area contributed by atoms with E-state index in [2.05, 4.69) is 5.32 Å². The molecule has 0 fully saturated rings. The van der Waals surface area contributed by atoms with E-state index >= 15 is 0 Å². The molecule has 0 saturated carbocycles. The van der Waals surface area contributed by atoms with E-state index in [0.717, 1.165) is 36.1 Å². The van der Waals surface area contributed by atoms with Crippen LogP contribution in [0.2, 0.25) is 0 Å². The van der Waals surface area contributed by atoms with Crippen LogP contribution in [0.4, 0.5) is 23.2 Å². The molecule has 0 spiro atoms. The van der Waals surface area contributed by atoms with Crippen molar-refractivity contribution in [2.45, 2.75) is 25.1 Å². The van der Waals surface area contributed by atoms with Crippen molar-refractivity contribution in [2.75, 3.05) is 5.32 Å². The first-order chi connectivity index (χ1) is 9.93. The van der Waals surface area contributed by atoms with Gasteiger partial charge in [-0.15, -0.1) is 0 Å². The highest BCUT2D eigenvalue weighted by Gasteiger charge is 2.30. The Bertz CT molecular complexity index is 646. The first-order valence-corrected chi connectivity index (χ1v) is 6.65. The fourth-order valence-electron chi connectivity index (χ4n) is 2.69. The second-order valence-corrected chi connectivity index (χ2v) is 5.15. The lowest BCUT2D eigenvalue weighted by Gasteiger charge is -2.16. The summed E-state index contributed by atoms with van der Waals surface area (Å²) < 4.78 is 50.7. The van der Waals surface area contributed by atoms with Crippen LogP contribution in [0.25, 0.3) is 0 Å². The Morgan fingerprint density at radius 2 is 1.71 bits per heavy atom. The molecule has 0 heterocycles. The fourth-order valence-corrected chi connectivity index (χ4v) is 2.69. The summed E-state index contributed by atoms with van der Waals surface area (Å²) in [6, 6.07) is 9.63. The zero-order chi connectivity index (χ0) is 15.0. The van der Waals surface area contributed by atoms with Crippen molar-refractivity contribution in [2.24, 2.45) is 0 Å². The highest BCUT2D eigenvalue weighted by molar-refractivity contribution is 5.49. The molecule has 5 heteroatoms. The van der Waals surface area contributed by atoms with E-state index in [0.29, 0.717) is 5.69 Å². The Balaban J connectivity index is 1.77. The van der Waals surface area contributed by atoms with Gasteiger partial charge in [-0.05, 0) is 60.4 Å². The Hall–Kier alpha value is -2.04. The Morgan fingerprint density at radius 3 is 2.38 bits per heavy atom. The summed E-state index contributed by atoms with van der Waals surface area (Å²) in [4.78, 5) is 0. The normalized spacial score (nSPS) is 17.6. The standard InChI is InChI=1S/C16H13F4N/c17-12-4-7-14-10(9-12)1-8-15(14)21-13-5-2-11(3-6-13)16(18,19)20/h2-7,9,15,21H,1,8H2. The molecule has 1 atom stereocenters. The van der Waals surface area contributed by atoms with Crippen LogP contribution in [0.3, 0.4) is 0 Å². The third-order valence-electron chi connectivity index (χ3n) is 3.74. The number of alkyl halides is 3. The summed E-state index contributed by atoms with van der Waals surface area (Å²) in [6.45, 7) is 0. The molecule has 1 aliphatic carbocycles. The molecule has 1 nitrogen and oxygen atoms in total. The maximum atomic E-state index is 13.1. The van der Waals surface area contributed by atoms with Crippen molar-refractivity contribution in [1.29, 1.82) is 0 Å². The average molecular weight is 295 g/mol. The van der Waals surface area contributed by atoms with Crippen LogP contribution in [0, 0.1) is 5.82 Å². The predicted molar refractivity (Wildman–Crippen MR) is 72.5 cm³/mol. The first kappa shape index (κ1) is 13.9. The summed E-state index contributed by atoms with van der Waals surface area (Å²) in [5.74, 6) is -0.260. The lowest BCUT2D eigenvalue weighted by molar-refractivity contribution is -0.137. The molecule has 21 heavy (non-hydrogen) atoms. The minimum absolute atomic E-state index is 0.0114. The molecular weight excluding hydrogens is 282 g/mol. The zero-order valence-corrected chi connectivity index (χ0v) is 11.0. The minimum atomic E-state index is -4.32. The molecule has 0 bridgehead atoms. The minimum Gasteiger partial charge on any atom is -0.378 e. The predicted octanol–water partition coefficient (Wildman–Crippen LogP) is 4.94. The largest absolute Gasteiger partial charge is 0.416 e. The lowest BCUT2D eigenvalue weighted by Crippen LogP contribution is -2.08. The van der Waals surface area contributed by atoms with Gasteiger partial charge >= 0.3 is 6.18 Å². The summed E-state index contributed by atoms with van der Waals surface area (Å²) >= 11 is 0. The molecule has 1 unspecified atom stereocenters. The zero-order valence-electron chi connectivity index (χ0n) is 11.0. The molecule has 0 saturated heterocycles. The summed E-state index contributed by atoms with van der Waals surface area (Å²) in [5, 5.41) is 3.21. The van der Waals surface area contributed by atoms with Gasteiger partial charge in [0.1, 0.15) is 5.82 Å². The SMILES string of the molecule is Fc1ccc2c(c1)CCC2Nc1ccc(C(F)(F)F)cc1. The average Bonchev–Trinajstić information content (AvgIpc) is 2.80. The molecule has 0 radical (unpaired) electrons. The Labute approximate surface area is 119 Å². The monoisotopic (exact) mass is 295 g/mol. The van der Waals surface area contributed by atoms with Crippen LogP contribution in [0.5, 0.6) is 0 Å². The Kier molecular flexibility index (Phi) is 3.35. The Morgan fingerprint density at radius 1 is 1.00 bits per heavy atom. The van der Waals surface area contributed by atoms with Crippen molar-refractivity contribution >= 4 is 5.69 Å². The number of anilines is 1. The summed E-state index contributed by atoms with van der Waals surface area (Å²) in [6.07, 6.45) is -2.75. The maximum Gasteiger partial charge on any atom is 0.416 e. The summed E-state index contributed by atoms with van der Waals surface area (Å²) in [7, 11) is 0. The fraction of sp³-hybridized carbons (Fsp3) is 0.250. The van der Waals surface area contributed by atoms with E-state index < -0.39 is 11.7 Å². The van der Waals surface area contributed by atoms with E-state index in [1.165, 1.54) is 24.3 Å². The second-order valence-electron chi connectivity index (χ2n) is 5.15. The maximum absolute atomic E-state index is 13.1. The van der Waals surface area contributed by atoms with Crippen molar-refractivity contribution in [3.05, 3.63) is 65.0 Å². The third-order valence-corrected chi connectivity index (χ3v) is 3.74. The number of aryl methyl sites for hydroxylation is 1. The molecule has 0 aliphatic heterocycles. The number of nitrogens with one attached hydrogen (secondary N) is 1. The molecule has 110 valence electrons. The molecular formula is C16H13F4N. The van der Waals surface area contributed by atoms with Gasteiger partial charge in [0.05, 0.1) is 11.6 Å². The lowest BCUT2D eigenvalue weighted by atomic mass is 10.1. The highest BCUT2D eigenvalue weighted by atomic mass is 19.4. The van der Waals surface area contributed by atoms with Crippen LogP contribution in [0.1, 0.15) is 29.2 Å². The molecule has 3 rings (SSSR count). The smallest absolute Gasteiger partial charge is 0.378 e. The molecule has 0 aromatic heterocycles. The van der Waals surface area contributed by atoms with E-state index in [-0.39, 0.29) is 11.9 Å². The van der Waals surface area contributed by atoms with Gasteiger partial charge in [0.15, 0.2) is 0 Å². The van der Waals surface area contributed by atoms with Crippen LogP contribution in [0.15, 0.2) is 42.5 Å². The molecule has 1 aliphatic rings. The van der Waals surface area contributed by atoms with E-state index in [1.807, 2.05) is 0 Å². The number of rotatable bonds is 2. The van der Waals surface area contributed by atoms with Gasteiger partial charge < -0.3 is 5.32 Å². The van der Waals surface area contributed by atoms with Gasteiger partial charge in [0, 0.05) is 5.69 Å². The molecule has 1 N–H and O–H groups in total. The van der Waals surface area contributed by atoms with E-state index in [4.69, 9.17) is 0 Å². The van der Waals surface area contributed by atoms with Gasteiger partial charge in [-0.2, -0.15) is 13.2 Å². The van der Waals surface area contributed by atoms with Crippen molar-refractivity contribution in [3.63, 3.8) is 0 Å². The van der Waals surface area contributed by atoms with Crippen LogP contribution in [-0.2, 0) is 12.6 Å². The van der Waals surface area contributed by atoms with Crippen molar-refractivity contribution in [3.8, 4) is 0 Å². The molecule has 2 aromatic carbocycles. The van der Waals surface area contributed by atoms with Crippen LogP contribution in [-0.4, -0.2) is 0 Å². The number of hydrogen-bond acceptors (Lipinski definition) is 1. The van der Waals surface area contributed by atoms with Gasteiger partial charge in [-0.1, -0.05) is 6.07 Å². The third kappa shape index (κ3) is 2.86. The number of halogens is 4. The van der Waals surface area contributed by atoms with Gasteiger partial charge in [-0.25, -0.2) is 4.39 Å². The van der Waals surface area contributed by atoms with E-state index in [9.17, 15) is 17.6 Å². The number of fused-ring (bicyclic) bond motifs is 1. The number of hydrogen-bond donors (Lipinski definition) is 1. The first-order valence-electron chi connectivity index (χ1n) is 6.65.